The van der Waals surface area contributed by atoms with Crippen molar-refractivity contribution in [1.82, 2.24) is 14.5 Å². The number of thioether (sulfide) groups is 1. The minimum atomic E-state index is -0.361. The summed E-state index contributed by atoms with van der Waals surface area (Å²) < 4.78 is 1.56. The molecule has 0 aliphatic carbocycles. The fraction of sp³-hybridized carbons (Fsp3) is 0.474. The summed E-state index contributed by atoms with van der Waals surface area (Å²) in [5.41, 5.74) is 6.24. The molecule has 2 N–H and O–H groups in total. The smallest absolute Gasteiger partial charge is 0.263 e. The SMILES string of the molecule is C=CCn1c(SCC(=O)N2CCC[C@H](C(N)=O)C2)nc2sc(C)c(C)c2c1=O. The second-order valence-corrected chi connectivity index (χ2v) is 9.08. The predicted octanol–water partition coefficient (Wildman–Crippen LogP) is 2.08. The van der Waals surface area contributed by atoms with Crippen molar-refractivity contribution in [2.75, 3.05) is 18.8 Å². The number of nitrogens with zero attached hydrogens (tertiary/aromatic N) is 3. The maximum atomic E-state index is 13.0. The van der Waals surface area contributed by atoms with Gasteiger partial charge in [0.25, 0.3) is 5.56 Å². The number of piperidine rings is 1. The molecule has 3 heterocycles. The molecule has 150 valence electrons. The number of amides is 2. The number of aromatic nitrogens is 2. The molecule has 28 heavy (non-hydrogen) atoms. The first kappa shape index (κ1) is 20.6. The molecule has 2 aromatic heterocycles. The van der Waals surface area contributed by atoms with Gasteiger partial charge in [-0.2, -0.15) is 0 Å². The molecule has 0 saturated carbocycles. The van der Waals surface area contributed by atoms with Gasteiger partial charge in [0, 0.05) is 24.5 Å². The Bertz CT molecular complexity index is 995. The Labute approximate surface area is 171 Å². The van der Waals surface area contributed by atoms with Gasteiger partial charge in [-0.3, -0.25) is 19.0 Å². The van der Waals surface area contributed by atoms with Crippen molar-refractivity contribution in [1.29, 1.82) is 0 Å². The third-order valence-corrected chi connectivity index (χ3v) is 7.13. The highest BCUT2D eigenvalue weighted by Crippen LogP contribution is 2.28. The van der Waals surface area contributed by atoms with E-state index in [1.54, 1.807) is 15.5 Å². The number of hydrogen-bond donors (Lipinski definition) is 1. The molecule has 0 aromatic carbocycles. The van der Waals surface area contributed by atoms with E-state index in [0.29, 0.717) is 35.0 Å². The van der Waals surface area contributed by atoms with Crippen molar-refractivity contribution in [3.05, 3.63) is 33.4 Å². The van der Waals surface area contributed by atoms with Gasteiger partial charge in [0.2, 0.25) is 11.8 Å². The van der Waals surface area contributed by atoms with Crippen molar-refractivity contribution < 1.29 is 9.59 Å². The topological polar surface area (TPSA) is 98.3 Å². The molecule has 0 unspecified atom stereocenters. The molecule has 0 bridgehead atoms. The van der Waals surface area contributed by atoms with Crippen LogP contribution in [-0.4, -0.2) is 45.1 Å². The Morgan fingerprint density at radius 1 is 1.43 bits per heavy atom. The minimum absolute atomic E-state index is 0.0750. The number of primary amides is 1. The van der Waals surface area contributed by atoms with E-state index in [1.165, 1.54) is 23.1 Å². The first-order valence-corrected chi connectivity index (χ1v) is 10.9. The summed E-state index contributed by atoms with van der Waals surface area (Å²) in [4.78, 5) is 45.1. The summed E-state index contributed by atoms with van der Waals surface area (Å²) in [6, 6.07) is 0. The van der Waals surface area contributed by atoms with E-state index in [9.17, 15) is 14.4 Å². The van der Waals surface area contributed by atoms with E-state index in [2.05, 4.69) is 11.6 Å². The lowest BCUT2D eigenvalue weighted by atomic mass is 9.97. The number of fused-ring (bicyclic) bond motifs is 1. The van der Waals surface area contributed by atoms with Gasteiger partial charge in [-0.1, -0.05) is 17.8 Å². The van der Waals surface area contributed by atoms with Crippen LogP contribution in [0.3, 0.4) is 0 Å². The molecule has 0 radical (unpaired) electrons. The summed E-state index contributed by atoms with van der Waals surface area (Å²) in [6.07, 6.45) is 3.14. The number of nitrogens with two attached hydrogens (primary N) is 1. The summed E-state index contributed by atoms with van der Waals surface area (Å²) in [5.74, 6) is -0.563. The number of likely N-dealkylation sites (tertiary alicyclic amines) is 1. The molecule has 1 fully saturated rings. The Balaban J connectivity index is 1.82. The molecule has 2 aromatic rings. The standard InChI is InChI=1S/C19H24N4O3S2/c1-4-7-23-18(26)15-11(2)12(3)28-17(15)21-19(23)27-10-14(24)22-8-5-6-13(9-22)16(20)25/h4,13H,1,5-10H2,2-3H3,(H2,20,25)/t13-/m0/s1. The van der Waals surface area contributed by atoms with Gasteiger partial charge in [0.15, 0.2) is 5.16 Å². The van der Waals surface area contributed by atoms with E-state index in [1.807, 2.05) is 13.8 Å². The van der Waals surface area contributed by atoms with E-state index >= 15 is 0 Å². The van der Waals surface area contributed by atoms with Crippen LogP contribution in [0.1, 0.15) is 23.3 Å². The fourth-order valence-electron chi connectivity index (χ4n) is 3.36. The number of carbonyl (C=O) groups excluding carboxylic acids is 2. The van der Waals surface area contributed by atoms with Crippen LogP contribution in [0.15, 0.2) is 22.6 Å². The fourth-order valence-corrected chi connectivity index (χ4v) is 5.34. The van der Waals surface area contributed by atoms with Crippen molar-refractivity contribution in [2.24, 2.45) is 11.7 Å². The van der Waals surface area contributed by atoms with Gasteiger partial charge >= 0.3 is 0 Å². The van der Waals surface area contributed by atoms with Crippen LogP contribution in [-0.2, 0) is 16.1 Å². The molecule has 3 rings (SSSR count). The van der Waals surface area contributed by atoms with E-state index in [-0.39, 0.29) is 29.0 Å². The maximum Gasteiger partial charge on any atom is 0.263 e. The van der Waals surface area contributed by atoms with Gasteiger partial charge in [0.05, 0.1) is 17.1 Å². The number of allylic oxidation sites excluding steroid dienone is 1. The van der Waals surface area contributed by atoms with Gasteiger partial charge in [-0.25, -0.2) is 4.98 Å². The van der Waals surface area contributed by atoms with Gasteiger partial charge in [-0.05, 0) is 32.3 Å². The highest BCUT2D eigenvalue weighted by Gasteiger charge is 2.27. The second kappa shape index (κ2) is 8.48. The van der Waals surface area contributed by atoms with Gasteiger partial charge in [0.1, 0.15) is 4.83 Å². The molecule has 7 nitrogen and oxygen atoms in total. The minimum Gasteiger partial charge on any atom is -0.369 e. The van der Waals surface area contributed by atoms with Crippen molar-refractivity contribution in [3.8, 4) is 0 Å². The number of hydrogen-bond acceptors (Lipinski definition) is 6. The van der Waals surface area contributed by atoms with Crippen LogP contribution in [0.2, 0.25) is 0 Å². The molecule has 1 saturated heterocycles. The average molecular weight is 421 g/mol. The Kier molecular flexibility index (Phi) is 6.24. The lowest BCUT2D eigenvalue weighted by Gasteiger charge is -2.31. The normalized spacial score (nSPS) is 17.1. The Morgan fingerprint density at radius 2 is 2.18 bits per heavy atom. The van der Waals surface area contributed by atoms with E-state index < -0.39 is 0 Å². The molecule has 9 heteroatoms. The Hall–Kier alpha value is -2.13. The summed E-state index contributed by atoms with van der Waals surface area (Å²) in [5, 5.41) is 1.15. The van der Waals surface area contributed by atoms with Crippen LogP contribution in [0, 0.1) is 19.8 Å². The average Bonchev–Trinajstić information content (AvgIpc) is 2.96. The van der Waals surface area contributed by atoms with Crippen molar-refractivity contribution >= 4 is 45.1 Å². The number of rotatable bonds is 6. The van der Waals surface area contributed by atoms with Crippen LogP contribution in [0.25, 0.3) is 10.2 Å². The van der Waals surface area contributed by atoms with Crippen molar-refractivity contribution in [2.45, 2.75) is 38.4 Å². The van der Waals surface area contributed by atoms with Gasteiger partial charge in [-0.15, -0.1) is 17.9 Å². The van der Waals surface area contributed by atoms with Crippen LogP contribution in [0.4, 0.5) is 0 Å². The third kappa shape index (κ3) is 4.00. The lowest BCUT2D eigenvalue weighted by molar-refractivity contribution is -0.132. The molecule has 2 amide bonds. The zero-order valence-corrected chi connectivity index (χ0v) is 17.7. The zero-order valence-electron chi connectivity index (χ0n) is 16.1. The monoisotopic (exact) mass is 420 g/mol. The van der Waals surface area contributed by atoms with Crippen molar-refractivity contribution in [3.63, 3.8) is 0 Å². The second-order valence-electron chi connectivity index (χ2n) is 6.93. The molecule has 1 atom stereocenters. The molecule has 0 spiro atoms. The molecule has 1 aliphatic heterocycles. The lowest BCUT2D eigenvalue weighted by Crippen LogP contribution is -2.44. The molecule has 1 aliphatic rings. The van der Waals surface area contributed by atoms with Crippen LogP contribution in [0.5, 0.6) is 0 Å². The summed E-state index contributed by atoms with van der Waals surface area (Å²) >= 11 is 2.74. The molecular formula is C19H24N4O3S2. The first-order chi connectivity index (χ1) is 13.3. The highest BCUT2D eigenvalue weighted by atomic mass is 32.2. The molecular weight excluding hydrogens is 396 g/mol. The summed E-state index contributed by atoms with van der Waals surface area (Å²) in [7, 11) is 0. The predicted molar refractivity (Wildman–Crippen MR) is 113 cm³/mol. The van der Waals surface area contributed by atoms with Crippen LogP contribution >= 0.6 is 23.1 Å². The largest absolute Gasteiger partial charge is 0.369 e. The third-order valence-electron chi connectivity index (χ3n) is 5.07. The van der Waals surface area contributed by atoms with Gasteiger partial charge < -0.3 is 10.6 Å². The van der Waals surface area contributed by atoms with E-state index in [4.69, 9.17) is 5.73 Å². The number of aryl methyl sites for hydroxylation is 2. The maximum absolute atomic E-state index is 13.0. The number of carbonyl (C=O) groups is 2. The van der Waals surface area contributed by atoms with E-state index in [0.717, 1.165) is 23.3 Å². The highest BCUT2D eigenvalue weighted by molar-refractivity contribution is 7.99. The Morgan fingerprint density at radius 3 is 2.86 bits per heavy atom. The number of thiophene rings is 1. The summed E-state index contributed by atoms with van der Waals surface area (Å²) in [6.45, 7) is 8.95. The first-order valence-electron chi connectivity index (χ1n) is 9.14. The zero-order chi connectivity index (χ0) is 20.4. The quantitative estimate of drug-likeness (QED) is 0.438. The van der Waals surface area contributed by atoms with Crippen LogP contribution < -0.4 is 11.3 Å².